The van der Waals surface area contributed by atoms with Crippen molar-refractivity contribution in [1.82, 2.24) is 15.1 Å². The molecule has 0 spiro atoms. The molecule has 0 fully saturated rings. The van der Waals surface area contributed by atoms with E-state index in [1.165, 1.54) is 17.2 Å². The molecule has 0 unspecified atom stereocenters. The molecule has 0 atom stereocenters. The maximum Gasteiger partial charge on any atom is 0.323 e. The second-order valence-corrected chi connectivity index (χ2v) is 3.86. The lowest BCUT2D eigenvalue weighted by Gasteiger charge is -2.16. The Morgan fingerprint density at radius 1 is 1.53 bits per heavy atom. The Morgan fingerprint density at radius 2 is 2.32 bits per heavy atom. The average molecular weight is 263 g/mol. The van der Waals surface area contributed by atoms with Crippen LogP contribution in [0.1, 0.15) is 17.4 Å². The van der Waals surface area contributed by atoms with Gasteiger partial charge in [0.05, 0.1) is 6.26 Å². The normalized spacial score (nSPS) is 10.4. The number of nitrogens with zero attached hydrogens (tertiary/aromatic N) is 2. The van der Waals surface area contributed by atoms with Crippen molar-refractivity contribution in [2.45, 2.75) is 6.92 Å². The van der Waals surface area contributed by atoms with Gasteiger partial charge in [-0.1, -0.05) is 0 Å². The molecule has 2 aromatic heterocycles. The van der Waals surface area contributed by atoms with E-state index in [1.807, 2.05) is 0 Å². The highest BCUT2D eigenvalue weighted by atomic mass is 16.4. The summed E-state index contributed by atoms with van der Waals surface area (Å²) in [6.45, 7) is 1.66. The Hall–Kier alpha value is -2.57. The first kappa shape index (κ1) is 12.9. The van der Waals surface area contributed by atoms with Crippen LogP contribution in [0.25, 0.3) is 11.5 Å². The van der Waals surface area contributed by atoms with Crippen LogP contribution in [0.3, 0.4) is 0 Å². The van der Waals surface area contributed by atoms with Gasteiger partial charge in [-0.25, -0.2) is 0 Å². The summed E-state index contributed by atoms with van der Waals surface area (Å²) >= 11 is 0. The number of amides is 1. The summed E-state index contributed by atoms with van der Waals surface area (Å²) in [6, 6.07) is 4.99. The maximum absolute atomic E-state index is 12.0. The standard InChI is InChI=1S/C12H13N3O4/c1-2-15(7-11(16)17)12(18)9-6-8(13-14-9)10-4-3-5-19-10/h3-6H,2,7H2,1H3,(H,13,14)(H,16,17). The molecule has 2 N–H and O–H groups in total. The van der Waals surface area contributed by atoms with Crippen LogP contribution < -0.4 is 0 Å². The Balaban J connectivity index is 2.17. The van der Waals surface area contributed by atoms with Crippen LogP contribution in [0.5, 0.6) is 0 Å². The first-order chi connectivity index (χ1) is 9.11. The van der Waals surface area contributed by atoms with Gasteiger partial charge in [-0.3, -0.25) is 14.7 Å². The van der Waals surface area contributed by atoms with E-state index in [0.717, 1.165) is 0 Å². The molecular weight excluding hydrogens is 250 g/mol. The van der Waals surface area contributed by atoms with Crippen LogP contribution in [0.2, 0.25) is 0 Å². The number of aromatic amines is 1. The van der Waals surface area contributed by atoms with E-state index in [1.54, 1.807) is 19.1 Å². The van der Waals surface area contributed by atoms with Gasteiger partial charge in [0.15, 0.2) is 11.5 Å². The number of aromatic nitrogens is 2. The van der Waals surface area contributed by atoms with Crippen molar-refractivity contribution in [2.75, 3.05) is 13.1 Å². The number of hydrogen-bond donors (Lipinski definition) is 2. The van der Waals surface area contributed by atoms with E-state index in [0.29, 0.717) is 18.0 Å². The van der Waals surface area contributed by atoms with E-state index >= 15 is 0 Å². The number of rotatable bonds is 5. The van der Waals surface area contributed by atoms with Crippen molar-refractivity contribution in [3.05, 3.63) is 30.2 Å². The number of aliphatic carboxylic acids is 1. The van der Waals surface area contributed by atoms with Gasteiger partial charge in [-0.05, 0) is 19.1 Å². The minimum absolute atomic E-state index is 0.162. The minimum atomic E-state index is -1.06. The smallest absolute Gasteiger partial charge is 0.323 e. The molecule has 0 aliphatic rings. The van der Waals surface area contributed by atoms with Gasteiger partial charge in [0.25, 0.3) is 5.91 Å². The van der Waals surface area contributed by atoms with Crippen molar-refractivity contribution >= 4 is 11.9 Å². The summed E-state index contributed by atoms with van der Waals surface area (Å²) in [5.41, 5.74) is 0.731. The van der Waals surface area contributed by atoms with Crippen molar-refractivity contribution in [3.8, 4) is 11.5 Å². The first-order valence-electron chi connectivity index (χ1n) is 5.72. The quantitative estimate of drug-likeness (QED) is 0.844. The SMILES string of the molecule is CCN(CC(=O)O)C(=O)c1cc(-c2ccco2)[nH]n1. The summed E-state index contributed by atoms with van der Waals surface area (Å²) in [7, 11) is 0. The van der Waals surface area contributed by atoms with Gasteiger partial charge in [0.2, 0.25) is 0 Å². The van der Waals surface area contributed by atoms with Crippen LogP contribution in [0.15, 0.2) is 28.9 Å². The lowest BCUT2D eigenvalue weighted by Crippen LogP contribution is -2.35. The number of likely N-dealkylation sites (N-methyl/N-ethyl adjacent to an activating group) is 1. The van der Waals surface area contributed by atoms with Gasteiger partial charge in [-0.15, -0.1) is 0 Å². The van der Waals surface area contributed by atoms with Crippen LogP contribution >= 0.6 is 0 Å². The molecule has 2 rings (SSSR count). The summed E-state index contributed by atoms with van der Waals surface area (Å²) in [4.78, 5) is 23.9. The van der Waals surface area contributed by atoms with E-state index in [4.69, 9.17) is 9.52 Å². The third-order valence-electron chi connectivity index (χ3n) is 2.58. The third-order valence-corrected chi connectivity index (χ3v) is 2.58. The van der Waals surface area contributed by atoms with E-state index in [2.05, 4.69) is 10.2 Å². The molecule has 7 nitrogen and oxygen atoms in total. The highest BCUT2D eigenvalue weighted by Gasteiger charge is 2.20. The molecule has 1 amide bonds. The van der Waals surface area contributed by atoms with Gasteiger partial charge in [-0.2, -0.15) is 5.10 Å². The van der Waals surface area contributed by atoms with Crippen LogP contribution in [-0.2, 0) is 4.79 Å². The lowest BCUT2D eigenvalue weighted by atomic mass is 10.3. The second-order valence-electron chi connectivity index (χ2n) is 3.86. The van der Waals surface area contributed by atoms with E-state index < -0.39 is 11.9 Å². The van der Waals surface area contributed by atoms with Crippen LogP contribution in [0.4, 0.5) is 0 Å². The number of carboxylic acid groups (broad SMARTS) is 1. The molecular formula is C12H13N3O4. The number of carboxylic acids is 1. The number of carbonyl (C=O) groups is 2. The monoisotopic (exact) mass is 263 g/mol. The number of nitrogens with one attached hydrogen (secondary N) is 1. The van der Waals surface area contributed by atoms with Gasteiger partial charge in [0.1, 0.15) is 12.2 Å². The number of furan rings is 1. The third kappa shape index (κ3) is 2.82. The topological polar surface area (TPSA) is 99.4 Å². The Morgan fingerprint density at radius 3 is 2.89 bits per heavy atom. The summed E-state index contributed by atoms with van der Waals surface area (Å²) < 4.78 is 5.17. The second kappa shape index (κ2) is 5.38. The fourth-order valence-electron chi connectivity index (χ4n) is 1.64. The number of carbonyl (C=O) groups excluding carboxylic acids is 1. The van der Waals surface area contributed by atoms with E-state index in [9.17, 15) is 9.59 Å². The zero-order valence-corrected chi connectivity index (χ0v) is 10.3. The molecule has 0 saturated carbocycles. The molecule has 0 bridgehead atoms. The molecule has 19 heavy (non-hydrogen) atoms. The highest BCUT2D eigenvalue weighted by molar-refractivity contribution is 5.94. The molecule has 0 radical (unpaired) electrons. The lowest BCUT2D eigenvalue weighted by molar-refractivity contribution is -0.137. The molecule has 0 saturated heterocycles. The summed E-state index contributed by atoms with van der Waals surface area (Å²) in [5, 5.41) is 15.3. The molecule has 0 aliphatic carbocycles. The molecule has 0 aromatic carbocycles. The summed E-state index contributed by atoms with van der Waals surface area (Å²) in [5.74, 6) is -0.927. The molecule has 100 valence electrons. The minimum Gasteiger partial charge on any atom is -0.480 e. The Bertz CT molecular complexity index is 574. The average Bonchev–Trinajstić information content (AvgIpc) is 3.04. The fourth-order valence-corrected chi connectivity index (χ4v) is 1.64. The predicted molar refractivity (Wildman–Crippen MR) is 65.5 cm³/mol. The zero-order valence-electron chi connectivity index (χ0n) is 10.3. The number of H-pyrrole nitrogens is 1. The molecule has 7 heteroatoms. The maximum atomic E-state index is 12.0. The van der Waals surface area contributed by atoms with Crippen LogP contribution in [-0.4, -0.2) is 45.2 Å². The fraction of sp³-hybridized carbons (Fsp3) is 0.250. The van der Waals surface area contributed by atoms with Gasteiger partial charge < -0.3 is 14.4 Å². The predicted octanol–water partition coefficient (Wildman–Crippen LogP) is 1.22. The first-order valence-corrected chi connectivity index (χ1v) is 5.72. The van der Waals surface area contributed by atoms with Gasteiger partial charge >= 0.3 is 5.97 Å². The molecule has 0 aliphatic heterocycles. The molecule has 2 heterocycles. The molecule has 2 aromatic rings. The Kier molecular flexibility index (Phi) is 3.65. The van der Waals surface area contributed by atoms with Crippen molar-refractivity contribution in [2.24, 2.45) is 0 Å². The number of hydrogen-bond acceptors (Lipinski definition) is 4. The van der Waals surface area contributed by atoms with Gasteiger partial charge in [0, 0.05) is 12.6 Å². The highest BCUT2D eigenvalue weighted by Crippen LogP contribution is 2.18. The Labute approximate surface area is 108 Å². The zero-order chi connectivity index (χ0) is 13.8. The van der Waals surface area contributed by atoms with Crippen molar-refractivity contribution in [1.29, 1.82) is 0 Å². The van der Waals surface area contributed by atoms with Crippen molar-refractivity contribution < 1.29 is 19.1 Å². The van der Waals surface area contributed by atoms with Crippen molar-refractivity contribution in [3.63, 3.8) is 0 Å². The largest absolute Gasteiger partial charge is 0.480 e. The van der Waals surface area contributed by atoms with E-state index in [-0.39, 0.29) is 12.2 Å². The summed E-state index contributed by atoms with van der Waals surface area (Å²) in [6.07, 6.45) is 1.51. The van der Waals surface area contributed by atoms with Crippen LogP contribution in [0, 0.1) is 0 Å².